The standard InChI is InChI=1S/C15H23N/c1-2-16-12-13-8-10-15(11-9-13)14-6-4-3-5-7-14/h3-7,13,15-16H,2,8-12H2,1H3. The molecule has 0 aliphatic heterocycles. The Morgan fingerprint density at radius 2 is 1.75 bits per heavy atom. The number of benzene rings is 1. The van der Waals surface area contributed by atoms with Crippen molar-refractivity contribution in [1.82, 2.24) is 5.32 Å². The van der Waals surface area contributed by atoms with Crippen LogP contribution in [0.4, 0.5) is 0 Å². The third kappa shape index (κ3) is 3.08. The predicted octanol–water partition coefficient (Wildman–Crippen LogP) is 3.57. The summed E-state index contributed by atoms with van der Waals surface area (Å²) in [4.78, 5) is 0. The van der Waals surface area contributed by atoms with Crippen LogP contribution in [0.5, 0.6) is 0 Å². The van der Waals surface area contributed by atoms with Gasteiger partial charge in [0.2, 0.25) is 0 Å². The van der Waals surface area contributed by atoms with Gasteiger partial charge in [-0.2, -0.15) is 0 Å². The molecule has 1 aliphatic rings. The second-order valence-electron chi connectivity index (χ2n) is 4.94. The van der Waals surface area contributed by atoms with Crippen LogP contribution >= 0.6 is 0 Å². The van der Waals surface area contributed by atoms with E-state index in [1.807, 2.05) is 0 Å². The summed E-state index contributed by atoms with van der Waals surface area (Å²) < 4.78 is 0. The normalized spacial score (nSPS) is 25.6. The van der Waals surface area contributed by atoms with E-state index in [9.17, 15) is 0 Å². The second-order valence-corrected chi connectivity index (χ2v) is 4.94. The molecule has 1 saturated carbocycles. The molecule has 0 radical (unpaired) electrons. The van der Waals surface area contributed by atoms with Crippen LogP contribution in [0.1, 0.15) is 44.1 Å². The molecule has 0 saturated heterocycles. The molecular weight excluding hydrogens is 194 g/mol. The van der Waals surface area contributed by atoms with E-state index >= 15 is 0 Å². The van der Waals surface area contributed by atoms with Gasteiger partial charge >= 0.3 is 0 Å². The highest BCUT2D eigenvalue weighted by Gasteiger charge is 2.21. The summed E-state index contributed by atoms with van der Waals surface area (Å²) in [5.74, 6) is 1.74. The fourth-order valence-electron chi connectivity index (χ4n) is 2.77. The molecule has 1 fully saturated rings. The molecule has 1 nitrogen and oxygen atoms in total. The zero-order chi connectivity index (χ0) is 11.2. The van der Waals surface area contributed by atoms with Gasteiger partial charge in [-0.05, 0) is 56.2 Å². The van der Waals surface area contributed by atoms with Crippen LogP contribution in [0.3, 0.4) is 0 Å². The molecule has 2 rings (SSSR count). The highest BCUT2D eigenvalue weighted by atomic mass is 14.8. The van der Waals surface area contributed by atoms with E-state index in [1.54, 1.807) is 5.56 Å². The van der Waals surface area contributed by atoms with Crippen LogP contribution in [-0.4, -0.2) is 13.1 Å². The maximum Gasteiger partial charge on any atom is -0.00206 e. The molecule has 0 unspecified atom stereocenters. The molecule has 0 amide bonds. The predicted molar refractivity (Wildman–Crippen MR) is 69.7 cm³/mol. The van der Waals surface area contributed by atoms with Gasteiger partial charge in [0.1, 0.15) is 0 Å². The Labute approximate surface area is 99.3 Å². The molecule has 1 aromatic rings. The molecule has 1 aromatic carbocycles. The van der Waals surface area contributed by atoms with Gasteiger partial charge in [-0.15, -0.1) is 0 Å². The highest BCUT2D eigenvalue weighted by Crippen LogP contribution is 2.35. The quantitative estimate of drug-likeness (QED) is 0.813. The Bertz CT molecular complexity index is 286. The van der Waals surface area contributed by atoms with E-state index in [2.05, 4.69) is 42.6 Å². The molecule has 1 aliphatic carbocycles. The summed E-state index contributed by atoms with van der Waals surface area (Å²) in [6.07, 6.45) is 5.54. The molecule has 0 atom stereocenters. The minimum absolute atomic E-state index is 0.819. The van der Waals surface area contributed by atoms with Crippen LogP contribution in [-0.2, 0) is 0 Å². The number of hydrogen-bond acceptors (Lipinski definition) is 1. The van der Waals surface area contributed by atoms with Crippen molar-refractivity contribution in [3.63, 3.8) is 0 Å². The first kappa shape index (κ1) is 11.7. The lowest BCUT2D eigenvalue weighted by molar-refractivity contribution is 0.316. The van der Waals surface area contributed by atoms with Crippen molar-refractivity contribution in [3.05, 3.63) is 35.9 Å². The summed E-state index contributed by atoms with van der Waals surface area (Å²) >= 11 is 0. The zero-order valence-electron chi connectivity index (χ0n) is 10.3. The Kier molecular flexibility index (Phi) is 4.41. The van der Waals surface area contributed by atoms with E-state index in [0.717, 1.165) is 18.4 Å². The smallest absolute Gasteiger partial charge is 0.00206 e. The van der Waals surface area contributed by atoms with Gasteiger partial charge in [-0.25, -0.2) is 0 Å². The second kappa shape index (κ2) is 6.05. The van der Waals surface area contributed by atoms with E-state index < -0.39 is 0 Å². The molecular formula is C15H23N. The Morgan fingerprint density at radius 1 is 1.06 bits per heavy atom. The van der Waals surface area contributed by atoms with Crippen molar-refractivity contribution < 1.29 is 0 Å². The number of nitrogens with one attached hydrogen (secondary N) is 1. The van der Waals surface area contributed by atoms with Crippen LogP contribution in [0.2, 0.25) is 0 Å². The van der Waals surface area contributed by atoms with Crippen molar-refractivity contribution in [1.29, 1.82) is 0 Å². The molecule has 0 spiro atoms. The Morgan fingerprint density at radius 3 is 2.38 bits per heavy atom. The van der Waals surface area contributed by atoms with Crippen LogP contribution in [0, 0.1) is 5.92 Å². The van der Waals surface area contributed by atoms with Crippen LogP contribution < -0.4 is 5.32 Å². The van der Waals surface area contributed by atoms with Gasteiger partial charge in [0, 0.05) is 0 Å². The first-order valence-electron chi connectivity index (χ1n) is 6.65. The van der Waals surface area contributed by atoms with Crippen molar-refractivity contribution >= 4 is 0 Å². The summed E-state index contributed by atoms with van der Waals surface area (Å²) in [6.45, 7) is 4.52. The van der Waals surface area contributed by atoms with Gasteiger partial charge in [0.25, 0.3) is 0 Å². The Balaban J connectivity index is 1.81. The van der Waals surface area contributed by atoms with E-state index in [-0.39, 0.29) is 0 Å². The Hall–Kier alpha value is -0.820. The third-order valence-corrected chi connectivity index (χ3v) is 3.80. The molecule has 0 heterocycles. The average molecular weight is 217 g/mol. The van der Waals surface area contributed by atoms with Gasteiger partial charge < -0.3 is 5.32 Å². The molecule has 0 aromatic heterocycles. The maximum atomic E-state index is 3.47. The zero-order valence-corrected chi connectivity index (χ0v) is 10.3. The van der Waals surface area contributed by atoms with Gasteiger partial charge in [-0.1, -0.05) is 37.3 Å². The SMILES string of the molecule is CCNCC1CCC(c2ccccc2)CC1. The fourth-order valence-corrected chi connectivity index (χ4v) is 2.77. The molecule has 1 N–H and O–H groups in total. The third-order valence-electron chi connectivity index (χ3n) is 3.80. The van der Waals surface area contributed by atoms with E-state index in [4.69, 9.17) is 0 Å². The molecule has 88 valence electrons. The topological polar surface area (TPSA) is 12.0 Å². The maximum absolute atomic E-state index is 3.47. The molecule has 0 bridgehead atoms. The molecule has 1 heteroatoms. The summed E-state index contributed by atoms with van der Waals surface area (Å²) in [5.41, 5.74) is 1.55. The first-order chi connectivity index (χ1) is 7.90. The molecule has 16 heavy (non-hydrogen) atoms. The number of hydrogen-bond donors (Lipinski definition) is 1. The minimum Gasteiger partial charge on any atom is -0.317 e. The van der Waals surface area contributed by atoms with E-state index in [1.165, 1.54) is 32.2 Å². The van der Waals surface area contributed by atoms with Gasteiger partial charge in [0.05, 0.1) is 0 Å². The van der Waals surface area contributed by atoms with Crippen LogP contribution in [0.15, 0.2) is 30.3 Å². The fraction of sp³-hybridized carbons (Fsp3) is 0.600. The highest BCUT2D eigenvalue weighted by molar-refractivity contribution is 5.19. The van der Waals surface area contributed by atoms with Gasteiger partial charge in [-0.3, -0.25) is 0 Å². The lowest BCUT2D eigenvalue weighted by atomic mass is 9.79. The minimum atomic E-state index is 0.819. The van der Waals surface area contributed by atoms with Crippen molar-refractivity contribution in [2.75, 3.05) is 13.1 Å². The lowest BCUT2D eigenvalue weighted by Crippen LogP contribution is -2.25. The average Bonchev–Trinajstić information content (AvgIpc) is 2.38. The first-order valence-corrected chi connectivity index (χ1v) is 6.65. The summed E-state index contributed by atoms with van der Waals surface area (Å²) in [7, 11) is 0. The van der Waals surface area contributed by atoms with E-state index in [0.29, 0.717) is 0 Å². The van der Waals surface area contributed by atoms with Crippen molar-refractivity contribution in [2.24, 2.45) is 5.92 Å². The monoisotopic (exact) mass is 217 g/mol. The van der Waals surface area contributed by atoms with Crippen molar-refractivity contribution in [2.45, 2.75) is 38.5 Å². The summed E-state index contributed by atoms with van der Waals surface area (Å²) in [6, 6.07) is 11.0. The lowest BCUT2D eigenvalue weighted by Gasteiger charge is -2.28. The van der Waals surface area contributed by atoms with Crippen molar-refractivity contribution in [3.8, 4) is 0 Å². The summed E-state index contributed by atoms with van der Waals surface area (Å²) in [5, 5.41) is 3.47. The largest absolute Gasteiger partial charge is 0.317 e. The van der Waals surface area contributed by atoms with Crippen LogP contribution in [0.25, 0.3) is 0 Å². The number of rotatable bonds is 4. The van der Waals surface area contributed by atoms with Gasteiger partial charge in [0.15, 0.2) is 0 Å².